The van der Waals surface area contributed by atoms with Gasteiger partial charge < -0.3 is 5.73 Å². The molecule has 4 nitrogen and oxygen atoms in total. The molecule has 0 amide bonds. The lowest BCUT2D eigenvalue weighted by Gasteiger charge is -2.21. The van der Waals surface area contributed by atoms with Gasteiger partial charge in [-0.05, 0) is 56.0 Å². The number of alkyl halides is 6. The van der Waals surface area contributed by atoms with Crippen molar-refractivity contribution in [3.63, 3.8) is 0 Å². The molecular formula is C22H20F6N2O2S. The summed E-state index contributed by atoms with van der Waals surface area (Å²) in [6, 6.07) is 5.76. The highest BCUT2D eigenvalue weighted by Gasteiger charge is 2.67. The molecule has 3 rings (SSSR count). The highest BCUT2D eigenvalue weighted by Crippen LogP contribution is 2.63. The molecule has 1 fully saturated rings. The molecule has 0 aliphatic heterocycles. The smallest absolute Gasteiger partial charge is 0.398 e. The summed E-state index contributed by atoms with van der Waals surface area (Å²) in [6.07, 6.45) is -9.31. The average molecular weight is 490 g/mol. The Bertz CT molecular complexity index is 1240. The van der Waals surface area contributed by atoms with Crippen LogP contribution < -0.4 is 5.73 Å². The van der Waals surface area contributed by atoms with Gasteiger partial charge in [0.15, 0.2) is 0 Å². The molecule has 1 heterocycles. The Balaban J connectivity index is 1.96. The van der Waals surface area contributed by atoms with Crippen molar-refractivity contribution in [2.24, 2.45) is 11.1 Å². The molecule has 1 aromatic heterocycles. The van der Waals surface area contributed by atoms with E-state index in [4.69, 9.17) is 5.73 Å². The molecule has 1 aromatic carbocycles. The van der Waals surface area contributed by atoms with Crippen LogP contribution in [-0.4, -0.2) is 19.6 Å². The number of hydrogen-bond donors (Lipinski definition) is 1. The third-order valence-corrected chi connectivity index (χ3v) is 7.79. The van der Waals surface area contributed by atoms with Gasteiger partial charge in [0.05, 0.1) is 15.4 Å². The molecule has 1 aliphatic rings. The monoisotopic (exact) mass is 490 g/mol. The van der Waals surface area contributed by atoms with E-state index < -0.39 is 38.1 Å². The Kier molecular flexibility index (Phi) is 5.94. The van der Waals surface area contributed by atoms with Crippen LogP contribution in [0.2, 0.25) is 0 Å². The first-order valence-corrected chi connectivity index (χ1v) is 11.1. The first kappa shape index (κ1) is 24.8. The maximum atomic E-state index is 13.3. The summed E-state index contributed by atoms with van der Waals surface area (Å²) in [5, 5.41) is 0. The van der Waals surface area contributed by atoms with Gasteiger partial charge in [-0.15, -0.1) is 0 Å². The molecule has 178 valence electrons. The van der Waals surface area contributed by atoms with Crippen LogP contribution in [0.3, 0.4) is 0 Å². The van der Waals surface area contributed by atoms with Crippen molar-refractivity contribution in [1.82, 2.24) is 4.98 Å². The topological polar surface area (TPSA) is 73.0 Å². The highest BCUT2D eigenvalue weighted by molar-refractivity contribution is 7.95. The molecule has 1 aliphatic carbocycles. The van der Waals surface area contributed by atoms with Gasteiger partial charge in [0.2, 0.25) is 9.84 Å². The lowest BCUT2D eigenvalue weighted by Crippen LogP contribution is -2.29. The molecule has 11 heteroatoms. The number of aromatic nitrogens is 1. The van der Waals surface area contributed by atoms with E-state index in [0.717, 1.165) is 18.2 Å². The van der Waals surface area contributed by atoms with Gasteiger partial charge in [-0.1, -0.05) is 18.7 Å². The fraction of sp³-hybridized carbons (Fsp3) is 0.318. The minimum Gasteiger partial charge on any atom is -0.398 e. The molecule has 0 radical (unpaired) electrons. The second kappa shape index (κ2) is 7.89. The number of nitrogens with two attached hydrogens (primary N) is 1. The molecule has 2 aromatic rings. The quantitative estimate of drug-likeness (QED) is 0.531. The second-order valence-electron chi connectivity index (χ2n) is 7.92. The lowest BCUT2D eigenvalue weighted by atomic mass is 9.99. The first-order valence-electron chi connectivity index (χ1n) is 9.64. The minimum atomic E-state index is -4.72. The maximum absolute atomic E-state index is 13.3. The van der Waals surface area contributed by atoms with Crippen molar-refractivity contribution >= 4 is 21.1 Å². The summed E-state index contributed by atoms with van der Waals surface area (Å²) in [5.74, 6) is 0. The SMILES string of the molecule is C=C(C1(C(F)(F)F)CC1)S(=O)(=O)c1ccc(/C(C)=C(\N)c2cc(C(F)(F)F)cnc2C)cc1. The molecule has 33 heavy (non-hydrogen) atoms. The number of pyridine rings is 1. The zero-order valence-electron chi connectivity index (χ0n) is 17.6. The van der Waals surface area contributed by atoms with Crippen molar-refractivity contribution < 1.29 is 34.8 Å². The summed E-state index contributed by atoms with van der Waals surface area (Å²) < 4.78 is 105. The summed E-state index contributed by atoms with van der Waals surface area (Å²) in [5.41, 5.74) is 3.73. The Morgan fingerprint density at radius 2 is 1.64 bits per heavy atom. The summed E-state index contributed by atoms with van der Waals surface area (Å²) in [6.45, 7) is 6.25. The molecule has 0 unspecified atom stereocenters. The zero-order valence-corrected chi connectivity index (χ0v) is 18.4. The fourth-order valence-corrected chi connectivity index (χ4v) is 5.06. The third-order valence-electron chi connectivity index (χ3n) is 5.86. The van der Waals surface area contributed by atoms with Crippen LogP contribution in [0.5, 0.6) is 0 Å². The molecule has 0 bridgehead atoms. The van der Waals surface area contributed by atoms with E-state index in [1.807, 2.05) is 0 Å². The highest BCUT2D eigenvalue weighted by atomic mass is 32.2. The molecule has 0 atom stereocenters. The standard InChI is InChI=1S/C22H20F6N2O2S/c1-12(19(29)18-10-16(21(23,24)25)11-30-13(18)2)15-4-6-17(7-5-15)33(31,32)14(3)20(8-9-20)22(26,27)28/h4-7,10-11H,3,8-9,29H2,1-2H3/b19-12-. The Morgan fingerprint density at radius 3 is 2.09 bits per heavy atom. The lowest BCUT2D eigenvalue weighted by molar-refractivity contribution is -0.173. The van der Waals surface area contributed by atoms with Crippen molar-refractivity contribution in [2.45, 2.75) is 43.9 Å². The van der Waals surface area contributed by atoms with E-state index in [-0.39, 0.29) is 34.7 Å². The number of sulfone groups is 1. The zero-order chi connectivity index (χ0) is 25.0. The number of halogens is 6. The number of hydrogen-bond acceptors (Lipinski definition) is 4. The Morgan fingerprint density at radius 1 is 1.09 bits per heavy atom. The van der Waals surface area contributed by atoms with Crippen LogP contribution in [0.15, 0.2) is 52.9 Å². The number of aryl methyl sites for hydroxylation is 1. The van der Waals surface area contributed by atoms with Crippen LogP contribution in [0.4, 0.5) is 26.3 Å². The predicted molar refractivity (Wildman–Crippen MR) is 111 cm³/mol. The molecule has 0 spiro atoms. The van der Waals surface area contributed by atoms with E-state index >= 15 is 0 Å². The fourth-order valence-electron chi connectivity index (χ4n) is 3.45. The molecule has 2 N–H and O–H groups in total. The van der Waals surface area contributed by atoms with E-state index in [2.05, 4.69) is 11.6 Å². The van der Waals surface area contributed by atoms with Gasteiger partial charge in [0, 0.05) is 23.2 Å². The van der Waals surface area contributed by atoms with Crippen LogP contribution in [0, 0.1) is 12.3 Å². The Labute approximate surface area is 186 Å². The number of benzene rings is 1. The van der Waals surface area contributed by atoms with Gasteiger partial charge in [0.1, 0.15) is 5.41 Å². The minimum absolute atomic E-state index is 0.000113. The average Bonchev–Trinajstić information content (AvgIpc) is 3.54. The van der Waals surface area contributed by atoms with Crippen LogP contribution in [0.1, 0.15) is 42.1 Å². The number of rotatable bonds is 5. The van der Waals surface area contributed by atoms with E-state index in [9.17, 15) is 34.8 Å². The molecular weight excluding hydrogens is 470 g/mol. The predicted octanol–water partition coefficient (Wildman–Crippen LogP) is 5.89. The van der Waals surface area contributed by atoms with Gasteiger partial charge >= 0.3 is 12.4 Å². The first-order chi connectivity index (χ1) is 15.0. The third kappa shape index (κ3) is 4.38. The Hall–Kier alpha value is -2.82. The van der Waals surface area contributed by atoms with E-state index in [0.29, 0.717) is 17.3 Å². The second-order valence-corrected chi connectivity index (χ2v) is 9.90. The number of nitrogens with zero attached hydrogens (tertiary/aromatic N) is 1. The summed E-state index contributed by atoms with van der Waals surface area (Å²) in [7, 11) is -4.46. The van der Waals surface area contributed by atoms with Gasteiger partial charge in [-0.25, -0.2) is 8.42 Å². The number of allylic oxidation sites excluding steroid dienone is 2. The van der Waals surface area contributed by atoms with Crippen LogP contribution in [0.25, 0.3) is 11.3 Å². The van der Waals surface area contributed by atoms with Gasteiger partial charge in [0.25, 0.3) is 0 Å². The summed E-state index contributed by atoms with van der Waals surface area (Å²) in [4.78, 5) is 2.48. The van der Waals surface area contributed by atoms with E-state index in [1.54, 1.807) is 0 Å². The van der Waals surface area contributed by atoms with Crippen LogP contribution in [-0.2, 0) is 16.0 Å². The normalized spacial score (nSPS) is 16.8. The molecule has 0 saturated heterocycles. The molecule has 1 saturated carbocycles. The van der Waals surface area contributed by atoms with E-state index in [1.165, 1.54) is 26.0 Å². The maximum Gasteiger partial charge on any atom is 0.417 e. The summed E-state index contributed by atoms with van der Waals surface area (Å²) >= 11 is 0. The largest absolute Gasteiger partial charge is 0.417 e. The van der Waals surface area contributed by atoms with Gasteiger partial charge in [-0.2, -0.15) is 26.3 Å². The van der Waals surface area contributed by atoms with Crippen molar-refractivity contribution in [1.29, 1.82) is 0 Å². The van der Waals surface area contributed by atoms with Crippen molar-refractivity contribution in [3.05, 3.63) is 70.4 Å². The van der Waals surface area contributed by atoms with Crippen molar-refractivity contribution in [2.75, 3.05) is 0 Å². The van der Waals surface area contributed by atoms with Gasteiger partial charge in [-0.3, -0.25) is 4.98 Å². The van der Waals surface area contributed by atoms with Crippen LogP contribution >= 0.6 is 0 Å². The van der Waals surface area contributed by atoms with Crippen molar-refractivity contribution in [3.8, 4) is 0 Å².